The minimum Gasteiger partial charge on any atom is -0.352 e. The molecule has 1 saturated carbocycles. The number of carbonyl (C=O) groups excluding carboxylic acids is 3. The Kier molecular flexibility index (Phi) is 3.68. The highest BCUT2D eigenvalue weighted by atomic mass is 32.1. The van der Waals surface area contributed by atoms with E-state index in [2.05, 4.69) is 10.6 Å². The molecule has 1 aromatic heterocycles. The number of imide groups is 1. The smallest absolute Gasteiger partial charge is 0.325 e. The Balaban J connectivity index is 1.68. The van der Waals surface area contributed by atoms with E-state index in [1.54, 1.807) is 6.92 Å². The Morgan fingerprint density at radius 3 is 2.86 bits per heavy atom. The van der Waals surface area contributed by atoms with Gasteiger partial charge >= 0.3 is 6.03 Å². The normalized spacial score (nSPS) is 26.0. The number of nitrogens with zero attached hydrogens (tertiary/aromatic N) is 1. The fourth-order valence-corrected chi connectivity index (χ4v) is 3.56. The van der Waals surface area contributed by atoms with Gasteiger partial charge in [-0.25, -0.2) is 4.79 Å². The van der Waals surface area contributed by atoms with Crippen LogP contribution in [-0.2, 0) is 15.1 Å². The SMILES string of the molecule is C[C@H](NC(=O)CN1C(=O)N[C@@](C)(c2cccs2)C1=O)C1CC1. The van der Waals surface area contributed by atoms with Crippen LogP contribution in [0.5, 0.6) is 0 Å². The minimum atomic E-state index is -1.08. The monoisotopic (exact) mass is 321 g/mol. The summed E-state index contributed by atoms with van der Waals surface area (Å²) in [7, 11) is 0. The molecule has 2 atom stereocenters. The van der Waals surface area contributed by atoms with Gasteiger partial charge in [-0.15, -0.1) is 11.3 Å². The predicted octanol–water partition coefficient (Wildman–Crippen LogP) is 1.43. The van der Waals surface area contributed by atoms with Gasteiger partial charge < -0.3 is 10.6 Å². The van der Waals surface area contributed by atoms with Crippen LogP contribution in [0.25, 0.3) is 0 Å². The third-order valence-corrected chi connectivity index (χ3v) is 5.40. The third-order valence-electron chi connectivity index (χ3n) is 4.31. The molecular formula is C15H19N3O3S. The second-order valence-corrected chi connectivity index (χ2v) is 7.07. The molecule has 1 aliphatic carbocycles. The highest BCUT2D eigenvalue weighted by Crippen LogP contribution is 2.33. The first-order valence-corrected chi connectivity index (χ1v) is 8.27. The number of nitrogens with one attached hydrogen (secondary N) is 2. The fourth-order valence-electron chi connectivity index (χ4n) is 2.73. The quantitative estimate of drug-likeness (QED) is 0.805. The van der Waals surface area contributed by atoms with E-state index in [1.165, 1.54) is 11.3 Å². The van der Waals surface area contributed by atoms with E-state index in [9.17, 15) is 14.4 Å². The molecule has 6 nitrogen and oxygen atoms in total. The molecule has 2 N–H and O–H groups in total. The Morgan fingerprint density at radius 1 is 1.55 bits per heavy atom. The number of carbonyl (C=O) groups is 3. The first kappa shape index (κ1) is 15.0. The number of amides is 4. The molecule has 118 valence electrons. The standard InChI is InChI=1S/C15H19N3O3S/c1-9(10-5-6-10)16-12(19)8-18-13(20)15(2,17-14(18)21)11-4-3-7-22-11/h3-4,7,9-10H,5-6,8H2,1-2H3,(H,16,19)(H,17,21)/t9-,15-/m0/s1. The molecule has 0 aromatic carbocycles. The van der Waals surface area contributed by atoms with Gasteiger partial charge in [-0.2, -0.15) is 0 Å². The van der Waals surface area contributed by atoms with Crippen LogP contribution in [0.1, 0.15) is 31.6 Å². The van der Waals surface area contributed by atoms with Gasteiger partial charge in [0.15, 0.2) is 5.54 Å². The summed E-state index contributed by atoms with van der Waals surface area (Å²) in [6.07, 6.45) is 2.25. The largest absolute Gasteiger partial charge is 0.352 e. The van der Waals surface area contributed by atoms with Crippen LogP contribution in [0, 0.1) is 5.92 Å². The number of rotatable bonds is 5. The number of urea groups is 1. The van der Waals surface area contributed by atoms with Crippen molar-refractivity contribution in [2.75, 3.05) is 6.54 Å². The summed E-state index contributed by atoms with van der Waals surface area (Å²) in [4.78, 5) is 38.5. The average molecular weight is 321 g/mol. The van der Waals surface area contributed by atoms with Crippen LogP contribution in [0.4, 0.5) is 4.79 Å². The van der Waals surface area contributed by atoms with Crippen molar-refractivity contribution in [3.05, 3.63) is 22.4 Å². The van der Waals surface area contributed by atoms with Crippen molar-refractivity contribution in [3.8, 4) is 0 Å². The van der Waals surface area contributed by atoms with E-state index >= 15 is 0 Å². The van der Waals surface area contributed by atoms with Gasteiger partial charge in [-0.05, 0) is 44.1 Å². The fraction of sp³-hybridized carbons (Fsp3) is 0.533. The van der Waals surface area contributed by atoms with Crippen LogP contribution in [0.15, 0.2) is 17.5 Å². The highest BCUT2D eigenvalue weighted by Gasteiger charge is 2.50. The van der Waals surface area contributed by atoms with E-state index in [1.807, 2.05) is 24.4 Å². The summed E-state index contributed by atoms with van der Waals surface area (Å²) in [6, 6.07) is 3.21. The van der Waals surface area contributed by atoms with Gasteiger partial charge in [-0.3, -0.25) is 14.5 Å². The molecule has 2 aliphatic rings. The molecule has 22 heavy (non-hydrogen) atoms. The lowest BCUT2D eigenvalue weighted by Gasteiger charge is -2.20. The molecule has 2 heterocycles. The number of hydrogen-bond donors (Lipinski definition) is 2. The lowest BCUT2D eigenvalue weighted by atomic mass is 10.0. The highest BCUT2D eigenvalue weighted by molar-refractivity contribution is 7.10. The predicted molar refractivity (Wildman–Crippen MR) is 82.2 cm³/mol. The Hall–Kier alpha value is -1.89. The first-order valence-electron chi connectivity index (χ1n) is 7.39. The van der Waals surface area contributed by atoms with Crippen molar-refractivity contribution >= 4 is 29.2 Å². The Bertz CT molecular complexity index is 612. The van der Waals surface area contributed by atoms with Gasteiger partial charge in [0.25, 0.3) is 5.91 Å². The zero-order valence-electron chi connectivity index (χ0n) is 12.6. The van der Waals surface area contributed by atoms with Crippen LogP contribution in [-0.4, -0.2) is 35.3 Å². The molecule has 1 saturated heterocycles. The van der Waals surface area contributed by atoms with E-state index in [4.69, 9.17) is 0 Å². The number of hydrogen-bond acceptors (Lipinski definition) is 4. The Morgan fingerprint density at radius 2 is 2.27 bits per heavy atom. The maximum Gasteiger partial charge on any atom is 0.325 e. The van der Waals surface area contributed by atoms with Crippen LogP contribution < -0.4 is 10.6 Å². The van der Waals surface area contributed by atoms with Crippen molar-refractivity contribution in [2.45, 2.75) is 38.3 Å². The summed E-state index contributed by atoms with van der Waals surface area (Å²) in [6.45, 7) is 3.39. The molecule has 1 aromatic rings. The van der Waals surface area contributed by atoms with Crippen LogP contribution in [0.3, 0.4) is 0 Å². The molecule has 0 radical (unpaired) electrons. The topological polar surface area (TPSA) is 78.5 Å². The van der Waals surface area contributed by atoms with Crippen LogP contribution in [0.2, 0.25) is 0 Å². The van der Waals surface area contributed by atoms with Gasteiger partial charge in [0.05, 0.1) is 0 Å². The van der Waals surface area contributed by atoms with Gasteiger partial charge in [-0.1, -0.05) is 6.07 Å². The van der Waals surface area contributed by atoms with E-state index < -0.39 is 11.6 Å². The van der Waals surface area contributed by atoms with E-state index in [0.29, 0.717) is 5.92 Å². The zero-order valence-corrected chi connectivity index (χ0v) is 13.4. The van der Waals surface area contributed by atoms with E-state index in [0.717, 1.165) is 22.6 Å². The number of thiophene rings is 1. The minimum absolute atomic E-state index is 0.0944. The lowest BCUT2D eigenvalue weighted by Crippen LogP contribution is -2.45. The summed E-state index contributed by atoms with van der Waals surface area (Å²) in [5.41, 5.74) is -1.08. The van der Waals surface area contributed by atoms with Gasteiger partial charge in [0.1, 0.15) is 6.54 Å². The summed E-state index contributed by atoms with van der Waals surface area (Å²) in [5, 5.41) is 7.41. The van der Waals surface area contributed by atoms with Crippen molar-refractivity contribution in [2.24, 2.45) is 5.92 Å². The second-order valence-electron chi connectivity index (χ2n) is 6.12. The van der Waals surface area contributed by atoms with Gasteiger partial charge in [0, 0.05) is 10.9 Å². The third kappa shape index (κ3) is 2.61. The van der Waals surface area contributed by atoms with Crippen molar-refractivity contribution in [1.82, 2.24) is 15.5 Å². The average Bonchev–Trinajstić information content (AvgIpc) is 3.12. The van der Waals surface area contributed by atoms with Crippen molar-refractivity contribution in [3.63, 3.8) is 0 Å². The maximum absolute atomic E-state index is 12.6. The molecule has 0 spiro atoms. The molecule has 1 aliphatic heterocycles. The van der Waals surface area contributed by atoms with Crippen molar-refractivity contribution < 1.29 is 14.4 Å². The van der Waals surface area contributed by atoms with Crippen molar-refractivity contribution in [1.29, 1.82) is 0 Å². The van der Waals surface area contributed by atoms with Gasteiger partial charge in [0.2, 0.25) is 5.91 Å². The molecule has 4 amide bonds. The molecular weight excluding hydrogens is 302 g/mol. The van der Waals surface area contributed by atoms with E-state index in [-0.39, 0.29) is 24.4 Å². The summed E-state index contributed by atoms with van der Waals surface area (Å²) >= 11 is 1.41. The molecule has 7 heteroatoms. The first-order chi connectivity index (χ1) is 10.4. The Labute approximate surface area is 132 Å². The lowest BCUT2D eigenvalue weighted by molar-refractivity contribution is -0.135. The van der Waals surface area contributed by atoms with Crippen LogP contribution >= 0.6 is 11.3 Å². The maximum atomic E-state index is 12.6. The molecule has 0 unspecified atom stereocenters. The molecule has 3 rings (SSSR count). The molecule has 2 fully saturated rings. The summed E-state index contributed by atoms with van der Waals surface area (Å²) < 4.78 is 0. The summed E-state index contributed by atoms with van der Waals surface area (Å²) in [5.74, 6) is -0.143. The second kappa shape index (κ2) is 5.39. The zero-order chi connectivity index (χ0) is 15.9. The molecule has 0 bridgehead atoms.